The first-order valence-electron chi connectivity index (χ1n) is 6.38. The minimum absolute atomic E-state index is 0.0125. The minimum Gasteiger partial charge on any atom is -0.376 e. The van der Waals surface area contributed by atoms with E-state index >= 15 is 0 Å². The highest BCUT2D eigenvalue weighted by molar-refractivity contribution is 9.10. The number of carbonyl (C=O) groups excluding carboxylic acids is 1. The molecule has 0 aromatic carbocycles. The van der Waals surface area contributed by atoms with E-state index in [0.717, 1.165) is 41.6 Å². The van der Waals surface area contributed by atoms with Gasteiger partial charge in [-0.05, 0) is 41.3 Å². The van der Waals surface area contributed by atoms with E-state index < -0.39 is 0 Å². The van der Waals surface area contributed by atoms with Crippen LogP contribution in [0.2, 0.25) is 0 Å². The lowest BCUT2D eigenvalue weighted by atomic mass is 10.2. The molecule has 100 valence electrons. The Kier molecular flexibility index (Phi) is 5.21. The van der Waals surface area contributed by atoms with Crippen molar-refractivity contribution in [2.75, 3.05) is 13.2 Å². The molecule has 2 heterocycles. The van der Waals surface area contributed by atoms with E-state index in [1.165, 1.54) is 4.88 Å². The van der Waals surface area contributed by atoms with E-state index in [2.05, 4.69) is 28.2 Å². The molecule has 1 fully saturated rings. The van der Waals surface area contributed by atoms with Crippen molar-refractivity contribution in [2.24, 2.45) is 0 Å². The molecule has 1 amide bonds. The molecule has 0 saturated carbocycles. The van der Waals surface area contributed by atoms with Crippen LogP contribution in [0.1, 0.15) is 40.7 Å². The Morgan fingerprint density at radius 3 is 3.17 bits per heavy atom. The molecular weight excluding hydrogens is 314 g/mol. The predicted molar refractivity (Wildman–Crippen MR) is 77.3 cm³/mol. The first kappa shape index (κ1) is 14.0. The van der Waals surface area contributed by atoms with Gasteiger partial charge in [0.25, 0.3) is 5.91 Å². The Bertz CT molecular complexity index is 413. The molecular formula is C13H18BrNO2S. The average Bonchev–Trinajstić information content (AvgIpc) is 2.97. The third-order valence-electron chi connectivity index (χ3n) is 2.97. The van der Waals surface area contributed by atoms with Crippen LogP contribution in [-0.2, 0) is 11.2 Å². The van der Waals surface area contributed by atoms with Crippen LogP contribution in [-0.4, -0.2) is 25.2 Å². The average molecular weight is 332 g/mol. The molecule has 3 nitrogen and oxygen atoms in total. The molecule has 0 spiro atoms. The normalized spacial score (nSPS) is 19.1. The second kappa shape index (κ2) is 6.68. The summed E-state index contributed by atoms with van der Waals surface area (Å²) in [6, 6.07) is 1.92. The molecule has 18 heavy (non-hydrogen) atoms. The Balaban J connectivity index is 1.89. The van der Waals surface area contributed by atoms with E-state index in [-0.39, 0.29) is 12.0 Å². The summed E-state index contributed by atoms with van der Waals surface area (Å²) in [5.41, 5.74) is 0. The minimum atomic E-state index is 0.0125. The standard InChI is InChI=1S/C13H18BrNO2S/c1-2-4-11-10(14)7-12(18-11)13(16)15-8-9-5-3-6-17-9/h7,9H,2-6,8H2,1H3,(H,15,16). The lowest BCUT2D eigenvalue weighted by molar-refractivity contribution is 0.0861. The van der Waals surface area contributed by atoms with Crippen LogP contribution in [0.3, 0.4) is 0 Å². The fourth-order valence-corrected chi connectivity index (χ4v) is 3.91. The molecule has 1 aliphatic heterocycles. The van der Waals surface area contributed by atoms with Crippen molar-refractivity contribution >= 4 is 33.2 Å². The van der Waals surface area contributed by atoms with E-state index in [9.17, 15) is 4.79 Å². The van der Waals surface area contributed by atoms with Crippen LogP contribution in [0, 0.1) is 0 Å². The van der Waals surface area contributed by atoms with Gasteiger partial charge in [-0.3, -0.25) is 4.79 Å². The second-order valence-corrected chi connectivity index (χ2v) is 6.47. The van der Waals surface area contributed by atoms with E-state index in [1.807, 2.05) is 6.07 Å². The zero-order valence-corrected chi connectivity index (χ0v) is 12.9. The summed E-state index contributed by atoms with van der Waals surface area (Å²) < 4.78 is 6.54. The SMILES string of the molecule is CCCc1sc(C(=O)NCC2CCCO2)cc1Br. The van der Waals surface area contributed by atoms with E-state index in [1.54, 1.807) is 11.3 Å². The van der Waals surface area contributed by atoms with Gasteiger partial charge in [0.05, 0.1) is 11.0 Å². The van der Waals surface area contributed by atoms with Crippen LogP contribution in [0.4, 0.5) is 0 Å². The highest BCUT2D eigenvalue weighted by atomic mass is 79.9. The number of rotatable bonds is 5. The summed E-state index contributed by atoms with van der Waals surface area (Å²) in [5, 5.41) is 2.95. The quantitative estimate of drug-likeness (QED) is 0.898. The molecule has 0 aliphatic carbocycles. The Morgan fingerprint density at radius 2 is 2.50 bits per heavy atom. The first-order chi connectivity index (χ1) is 8.70. The van der Waals surface area contributed by atoms with Crippen molar-refractivity contribution in [3.05, 3.63) is 20.3 Å². The summed E-state index contributed by atoms with van der Waals surface area (Å²) >= 11 is 5.08. The predicted octanol–water partition coefficient (Wildman–Crippen LogP) is 3.37. The molecule has 5 heteroatoms. The number of thiophene rings is 1. The van der Waals surface area contributed by atoms with Crippen LogP contribution in [0.15, 0.2) is 10.5 Å². The molecule has 1 N–H and O–H groups in total. The van der Waals surface area contributed by atoms with Crippen molar-refractivity contribution in [3.8, 4) is 0 Å². The number of amides is 1. The first-order valence-corrected chi connectivity index (χ1v) is 7.99. The van der Waals surface area contributed by atoms with Gasteiger partial charge in [0.1, 0.15) is 0 Å². The Hall–Kier alpha value is -0.390. The van der Waals surface area contributed by atoms with Crippen molar-refractivity contribution < 1.29 is 9.53 Å². The van der Waals surface area contributed by atoms with E-state index in [4.69, 9.17) is 4.74 Å². The summed E-state index contributed by atoms with van der Waals surface area (Å²) in [6.07, 6.45) is 4.47. The van der Waals surface area contributed by atoms with Gasteiger partial charge in [-0.1, -0.05) is 13.3 Å². The van der Waals surface area contributed by atoms with Crippen molar-refractivity contribution in [3.63, 3.8) is 0 Å². The van der Waals surface area contributed by atoms with Crippen LogP contribution in [0.25, 0.3) is 0 Å². The topological polar surface area (TPSA) is 38.3 Å². The number of carbonyl (C=O) groups is 1. The van der Waals surface area contributed by atoms with Gasteiger partial charge in [-0.25, -0.2) is 0 Å². The zero-order chi connectivity index (χ0) is 13.0. The van der Waals surface area contributed by atoms with Gasteiger partial charge < -0.3 is 10.1 Å². The number of halogens is 1. The van der Waals surface area contributed by atoms with Gasteiger partial charge >= 0.3 is 0 Å². The van der Waals surface area contributed by atoms with Crippen LogP contribution >= 0.6 is 27.3 Å². The second-order valence-electron chi connectivity index (χ2n) is 4.48. The highest BCUT2D eigenvalue weighted by Gasteiger charge is 2.18. The molecule has 1 saturated heterocycles. The van der Waals surface area contributed by atoms with Crippen molar-refractivity contribution in [1.82, 2.24) is 5.32 Å². The number of aryl methyl sites for hydroxylation is 1. The fraction of sp³-hybridized carbons (Fsp3) is 0.615. The van der Waals surface area contributed by atoms with Gasteiger partial charge in [0.2, 0.25) is 0 Å². The zero-order valence-electron chi connectivity index (χ0n) is 10.5. The summed E-state index contributed by atoms with van der Waals surface area (Å²) in [6.45, 7) is 3.59. The third-order valence-corrected chi connectivity index (χ3v) is 5.14. The van der Waals surface area contributed by atoms with Crippen molar-refractivity contribution in [2.45, 2.75) is 38.7 Å². The number of ether oxygens (including phenoxy) is 1. The number of hydrogen-bond acceptors (Lipinski definition) is 3. The molecule has 1 aromatic rings. The Labute approximate surface area is 120 Å². The summed E-state index contributed by atoms with van der Waals surface area (Å²) in [7, 11) is 0. The maximum Gasteiger partial charge on any atom is 0.261 e. The fourth-order valence-electron chi connectivity index (χ4n) is 2.01. The maximum atomic E-state index is 12.0. The van der Waals surface area contributed by atoms with Crippen LogP contribution in [0.5, 0.6) is 0 Å². The molecule has 2 rings (SSSR count). The molecule has 1 aliphatic rings. The number of nitrogens with one attached hydrogen (secondary N) is 1. The van der Waals surface area contributed by atoms with E-state index in [0.29, 0.717) is 6.54 Å². The monoisotopic (exact) mass is 331 g/mol. The summed E-state index contributed by atoms with van der Waals surface area (Å²) in [5.74, 6) is 0.0125. The smallest absolute Gasteiger partial charge is 0.261 e. The van der Waals surface area contributed by atoms with Gasteiger partial charge in [-0.15, -0.1) is 11.3 Å². The lowest BCUT2D eigenvalue weighted by Gasteiger charge is -2.09. The molecule has 1 atom stereocenters. The highest BCUT2D eigenvalue weighted by Crippen LogP contribution is 2.28. The molecule has 1 aromatic heterocycles. The van der Waals surface area contributed by atoms with Gasteiger partial charge in [-0.2, -0.15) is 0 Å². The van der Waals surface area contributed by atoms with Crippen molar-refractivity contribution in [1.29, 1.82) is 0 Å². The largest absolute Gasteiger partial charge is 0.376 e. The van der Waals surface area contributed by atoms with Crippen LogP contribution < -0.4 is 5.32 Å². The number of hydrogen-bond donors (Lipinski definition) is 1. The lowest BCUT2D eigenvalue weighted by Crippen LogP contribution is -2.31. The maximum absolute atomic E-state index is 12.0. The van der Waals surface area contributed by atoms with Gasteiger partial charge in [0, 0.05) is 22.5 Å². The molecule has 0 bridgehead atoms. The molecule has 1 unspecified atom stereocenters. The third kappa shape index (κ3) is 3.56. The summed E-state index contributed by atoms with van der Waals surface area (Å²) in [4.78, 5) is 14.0. The van der Waals surface area contributed by atoms with Gasteiger partial charge in [0.15, 0.2) is 0 Å². The molecule has 0 radical (unpaired) electrons. The Morgan fingerprint density at radius 1 is 1.67 bits per heavy atom.